The van der Waals surface area contributed by atoms with Gasteiger partial charge in [0.05, 0.1) is 0 Å². The summed E-state index contributed by atoms with van der Waals surface area (Å²) >= 11 is 0. The number of hydrogen-bond donors (Lipinski definition) is 0. The molecule has 0 saturated heterocycles. The summed E-state index contributed by atoms with van der Waals surface area (Å²) in [5.74, 6) is 0. The van der Waals surface area contributed by atoms with E-state index in [1.807, 2.05) is 0 Å². The van der Waals surface area contributed by atoms with E-state index in [-0.39, 0.29) is 0 Å². The Labute approximate surface area is 74.0 Å². The van der Waals surface area contributed by atoms with Crippen LogP contribution in [0.5, 0.6) is 0 Å². The predicted octanol–water partition coefficient (Wildman–Crippen LogP) is 3.54. The molecule has 0 N–H and O–H groups in total. The van der Waals surface area contributed by atoms with Crippen molar-refractivity contribution in [3.05, 3.63) is 47.6 Å². The minimum absolute atomic E-state index is 1.14. The SMILES string of the molecule is C1=C2CCC(=C1)C2.C1=CCC=C1. The Hall–Kier alpha value is -1.04. The van der Waals surface area contributed by atoms with E-state index in [9.17, 15) is 0 Å². The zero-order valence-corrected chi connectivity index (χ0v) is 7.29. The highest BCUT2D eigenvalue weighted by Gasteiger charge is 2.14. The Morgan fingerprint density at radius 2 is 1.42 bits per heavy atom. The third kappa shape index (κ3) is 1.76. The molecule has 1 fully saturated rings. The van der Waals surface area contributed by atoms with Gasteiger partial charge < -0.3 is 0 Å². The fourth-order valence-electron chi connectivity index (χ4n) is 1.70. The zero-order chi connectivity index (χ0) is 8.23. The molecule has 0 heteroatoms. The zero-order valence-electron chi connectivity index (χ0n) is 7.29. The van der Waals surface area contributed by atoms with Crippen LogP contribution in [0.15, 0.2) is 47.6 Å². The molecule has 0 aromatic rings. The summed E-state index contributed by atoms with van der Waals surface area (Å²) in [7, 11) is 0. The van der Waals surface area contributed by atoms with Gasteiger partial charge in [0.15, 0.2) is 0 Å². The first-order valence-electron chi connectivity index (χ1n) is 4.64. The van der Waals surface area contributed by atoms with E-state index in [1.54, 1.807) is 11.1 Å². The van der Waals surface area contributed by atoms with Crippen LogP contribution in [0, 0.1) is 0 Å². The van der Waals surface area contributed by atoms with Crippen LogP contribution >= 0.6 is 0 Å². The summed E-state index contributed by atoms with van der Waals surface area (Å²) in [5, 5.41) is 0. The van der Waals surface area contributed by atoms with Gasteiger partial charge in [-0.2, -0.15) is 0 Å². The van der Waals surface area contributed by atoms with Gasteiger partial charge >= 0.3 is 0 Å². The van der Waals surface area contributed by atoms with Crippen LogP contribution < -0.4 is 0 Å². The Morgan fingerprint density at radius 1 is 0.833 bits per heavy atom. The Balaban J connectivity index is 0.000000100. The Kier molecular flexibility index (Phi) is 2.26. The fourth-order valence-corrected chi connectivity index (χ4v) is 1.70. The van der Waals surface area contributed by atoms with Crippen molar-refractivity contribution >= 4 is 0 Å². The summed E-state index contributed by atoms with van der Waals surface area (Å²) in [6.45, 7) is 0. The van der Waals surface area contributed by atoms with Crippen LogP contribution in [0.1, 0.15) is 25.7 Å². The lowest BCUT2D eigenvalue weighted by molar-refractivity contribution is 1.04. The van der Waals surface area contributed by atoms with Crippen molar-refractivity contribution in [2.24, 2.45) is 0 Å². The van der Waals surface area contributed by atoms with Gasteiger partial charge in [0.25, 0.3) is 0 Å². The molecule has 0 unspecified atom stereocenters. The third-order valence-corrected chi connectivity index (χ3v) is 2.43. The maximum absolute atomic E-state index is 2.26. The third-order valence-electron chi connectivity index (χ3n) is 2.43. The second-order valence-electron chi connectivity index (χ2n) is 3.42. The predicted molar refractivity (Wildman–Crippen MR) is 52.9 cm³/mol. The van der Waals surface area contributed by atoms with E-state index in [0.29, 0.717) is 0 Å². The minimum atomic E-state index is 1.14. The van der Waals surface area contributed by atoms with Gasteiger partial charge in [0.2, 0.25) is 0 Å². The van der Waals surface area contributed by atoms with Gasteiger partial charge in [-0.1, -0.05) is 47.6 Å². The van der Waals surface area contributed by atoms with Crippen molar-refractivity contribution in [3.63, 3.8) is 0 Å². The smallest absolute Gasteiger partial charge is 0.0102 e. The maximum atomic E-state index is 2.26. The molecule has 62 valence electrons. The van der Waals surface area contributed by atoms with Gasteiger partial charge in [-0.3, -0.25) is 0 Å². The van der Waals surface area contributed by atoms with E-state index >= 15 is 0 Å². The van der Waals surface area contributed by atoms with E-state index in [1.165, 1.54) is 19.3 Å². The molecular weight excluding hydrogens is 144 g/mol. The molecule has 0 aromatic carbocycles. The lowest BCUT2D eigenvalue weighted by Crippen LogP contribution is -1.67. The number of allylic oxidation sites excluding steroid dienone is 8. The molecule has 0 amide bonds. The van der Waals surface area contributed by atoms with Gasteiger partial charge in [0.1, 0.15) is 0 Å². The molecule has 0 aromatic heterocycles. The molecule has 0 nitrogen and oxygen atoms in total. The van der Waals surface area contributed by atoms with Crippen molar-refractivity contribution < 1.29 is 0 Å². The van der Waals surface area contributed by atoms with Crippen LogP contribution in [0.25, 0.3) is 0 Å². The lowest BCUT2D eigenvalue weighted by atomic mass is 10.2. The molecule has 3 aliphatic carbocycles. The number of hydrogen-bond acceptors (Lipinski definition) is 0. The molecule has 0 aliphatic heterocycles. The van der Waals surface area contributed by atoms with E-state index in [2.05, 4.69) is 36.5 Å². The summed E-state index contributed by atoms with van der Waals surface area (Å²) in [4.78, 5) is 0. The molecule has 1 saturated carbocycles. The average Bonchev–Trinajstić information content (AvgIpc) is 2.86. The monoisotopic (exact) mass is 158 g/mol. The second kappa shape index (κ2) is 3.57. The fraction of sp³-hybridized carbons (Fsp3) is 0.333. The van der Waals surface area contributed by atoms with Crippen LogP contribution in [0.2, 0.25) is 0 Å². The molecule has 12 heavy (non-hydrogen) atoms. The first-order valence-corrected chi connectivity index (χ1v) is 4.64. The van der Waals surface area contributed by atoms with E-state index in [0.717, 1.165) is 6.42 Å². The number of fused-ring (bicyclic) bond motifs is 2. The quantitative estimate of drug-likeness (QED) is 0.506. The van der Waals surface area contributed by atoms with Crippen molar-refractivity contribution in [1.29, 1.82) is 0 Å². The highest BCUT2D eigenvalue weighted by Crippen LogP contribution is 2.34. The molecule has 0 heterocycles. The Bertz CT molecular complexity index is 246. The first kappa shape index (κ1) is 7.60. The van der Waals surface area contributed by atoms with Crippen molar-refractivity contribution in [2.75, 3.05) is 0 Å². The molecule has 2 bridgehead atoms. The topological polar surface area (TPSA) is 0 Å². The normalized spacial score (nSPS) is 22.0. The Morgan fingerprint density at radius 3 is 1.58 bits per heavy atom. The second-order valence-corrected chi connectivity index (χ2v) is 3.42. The van der Waals surface area contributed by atoms with Gasteiger partial charge in [-0.25, -0.2) is 0 Å². The summed E-state index contributed by atoms with van der Waals surface area (Å²) in [6, 6.07) is 0. The van der Waals surface area contributed by atoms with Gasteiger partial charge in [-0.05, 0) is 25.7 Å². The van der Waals surface area contributed by atoms with Crippen molar-refractivity contribution in [3.8, 4) is 0 Å². The molecule has 0 atom stereocenters. The van der Waals surface area contributed by atoms with Gasteiger partial charge in [-0.15, -0.1) is 0 Å². The highest BCUT2D eigenvalue weighted by molar-refractivity contribution is 5.36. The highest BCUT2D eigenvalue weighted by atomic mass is 14.2. The largest absolute Gasteiger partial charge is 0.0808 e. The summed E-state index contributed by atoms with van der Waals surface area (Å²) in [6.07, 6.45) is 18.0. The molecule has 0 spiro atoms. The van der Waals surface area contributed by atoms with Crippen LogP contribution in [-0.2, 0) is 0 Å². The van der Waals surface area contributed by atoms with Crippen molar-refractivity contribution in [1.82, 2.24) is 0 Å². The summed E-state index contributed by atoms with van der Waals surface area (Å²) < 4.78 is 0. The van der Waals surface area contributed by atoms with Gasteiger partial charge in [0, 0.05) is 0 Å². The van der Waals surface area contributed by atoms with E-state index in [4.69, 9.17) is 0 Å². The van der Waals surface area contributed by atoms with Crippen LogP contribution in [0.4, 0.5) is 0 Å². The lowest BCUT2D eigenvalue weighted by Gasteiger charge is -1.87. The van der Waals surface area contributed by atoms with Crippen LogP contribution in [-0.4, -0.2) is 0 Å². The maximum Gasteiger partial charge on any atom is -0.0102 e. The number of rotatable bonds is 0. The molecular formula is C12H14. The first-order chi connectivity index (χ1) is 5.95. The van der Waals surface area contributed by atoms with E-state index < -0.39 is 0 Å². The molecule has 0 radical (unpaired) electrons. The van der Waals surface area contributed by atoms with Crippen LogP contribution in [0.3, 0.4) is 0 Å². The molecule has 3 aliphatic rings. The minimum Gasteiger partial charge on any atom is -0.0808 e. The van der Waals surface area contributed by atoms with Crippen molar-refractivity contribution in [2.45, 2.75) is 25.7 Å². The average molecular weight is 158 g/mol. The standard InChI is InChI=1S/C7H8.C5H6/c1-2-7-4-3-6(1)5-7;1-2-4-5-3-1/h1-2H,3-5H2;1-4H,5H2. The molecule has 3 rings (SSSR count). The summed E-state index contributed by atoms with van der Waals surface area (Å²) in [5.41, 5.74) is 3.30.